The van der Waals surface area contributed by atoms with Crippen molar-refractivity contribution in [3.8, 4) is 0 Å². The van der Waals surface area contributed by atoms with Gasteiger partial charge in [-0.15, -0.1) is 6.58 Å². The van der Waals surface area contributed by atoms with Crippen molar-refractivity contribution in [3.63, 3.8) is 0 Å². The molecule has 0 amide bonds. The Morgan fingerprint density at radius 3 is 3.17 bits per heavy atom. The van der Waals surface area contributed by atoms with Crippen molar-refractivity contribution in [2.45, 2.75) is 12.5 Å². The summed E-state index contributed by atoms with van der Waals surface area (Å²) in [4.78, 5) is 2.27. The van der Waals surface area contributed by atoms with E-state index in [2.05, 4.69) is 16.8 Å². The minimum Gasteiger partial charge on any atom is -0.395 e. The van der Waals surface area contributed by atoms with Crippen molar-refractivity contribution in [1.29, 1.82) is 0 Å². The number of aliphatic hydroxyl groups is 1. The molecule has 3 nitrogen and oxygen atoms in total. The number of aliphatic hydroxyl groups excluding tert-OH is 1. The van der Waals surface area contributed by atoms with E-state index >= 15 is 0 Å². The van der Waals surface area contributed by atoms with Crippen LogP contribution in [0.5, 0.6) is 0 Å². The van der Waals surface area contributed by atoms with Crippen LogP contribution in [-0.2, 0) is 0 Å². The fourth-order valence-electron chi connectivity index (χ4n) is 1.57. The molecular weight excluding hydrogens is 152 g/mol. The summed E-state index contributed by atoms with van der Waals surface area (Å²) < 4.78 is 0. The zero-order valence-corrected chi connectivity index (χ0v) is 7.50. The fraction of sp³-hybridized carbons (Fsp3) is 0.778. The van der Waals surface area contributed by atoms with Gasteiger partial charge in [0.1, 0.15) is 0 Å². The van der Waals surface area contributed by atoms with Crippen LogP contribution in [0, 0.1) is 0 Å². The van der Waals surface area contributed by atoms with Crippen LogP contribution in [0.4, 0.5) is 0 Å². The lowest BCUT2D eigenvalue weighted by Gasteiger charge is -2.26. The summed E-state index contributed by atoms with van der Waals surface area (Å²) in [6, 6.07) is 0.269. The molecule has 3 heteroatoms. The molecule has 1 atom stereocenters. The Morgan fingerprint density at radius 2 is 2.50 bits per heavy atom. The molecule has 2 N–H and O–H groups in total. The Morgan fingerprint density at radius 1 is 1.67 bits per heavy atom. The van der Waals surface area contributed by atoms with Crippen LogP contribution in [0.2, 0.25) is 0 Å². The Labute approximate surface area is 74.1 Å². The molecule has 0 saturated carbocycles. The number of rotatable bonds is 3. The topological polar surface area (TPSA) is 35.5 Å². The molecule has 0 aromatic carbocycles. The van der Waals surface area contributed by atoms with Gasteiger partial charge in [-0.3, -0.25) is 4.90 Å². The second-order valence-electron chi connectivity index (χ2n) is 3.18. The van der Waals surface area contributed by atoms with Gasteiger partial charge < -0.3 is 10.4 Å². The van der Waals surface area contributed by atoms with Crippen molar-refractivity contribution >= 4 is 0 Å². The highest BCUT2D eigenvalue weighted by atomic mass is 16.3. The molecule has 1 aliphatic rings. The molecular formula is C9H18N2O. The zero-order chi connectivity index (χ0) is 8.81. The predicted molar refractivity (Wildman–Crippen MR) is 50.1 cm³/mol. The highest BCUT2D eigenvalue weighted by molar-refractivity contribution is 4.82. The van der Waals surface area contributed by atoms with Gasteiger partial charge in [-0.05, 0) is 13.0 Å². The van der Waals surface area contributed by atoms with E-state index in [1.165, 1.54) is 0 Å². The number of nitrogens with one attached hydrogen (secondary N) is 1. The third-order valence-corrected chi connectivity index (χ3v) is 2.27. The first-order valence-corrected chi connectivity index (χ1v) is 4.55. The number of hydrogen-bond donors (Lipinski definition) is 2. The van der Waals surface area contributed by atoms with Crippen molar-refractivity contribution in [3.05, 3.63) is 12.7 Å². The molecule has 1 aliphatic heterocycles. The SMILES string of the molecule is C=CCN1CCCNCC1CO. The molecule has 0 bridgehead atoms. The molecule has 0 aromatic heterocycles. The van der Waals surface area contributed by atoms with E-state index in [9.17, 15) is 0 Å². The van der Waals surface area contributed by atoms with Crippen LogP contribution in [0.15, 0.2) is 12.7 Å². The zero-order valence-electron chi connectivity index (χ0n) is 7.50. The van der Waals surface area contributed by atoms with Gasteiger partial charge in [0.15, 0.2) is 0 Å². The van der Waals surface area contributed by atoms with Crippen LogP contribution < -0.4 is 5.32 Å². The van der Waals surface area contributed by atoms with Gasteiger partial charge in [0.05, 0.1) is 6.61 Å². The van der Waals surface area contributed by atoms with E-state index in [1.807, 2.05) is 6.08 Å². The molecule has 1 rings (SSSR count). The van der Waals surface area contributed by atoms with E-state index in [0.29, 0.717) is 0 Å². The maximum absolute atomic E-state index is 9.10. The average Bonchev–Trinajstić information content (AvgIpc) is 2.30. The second kappa shape index (κ2) is 5.30. The normalized spacial score (nSPS) is 26.6. The standard InChI is InChI=1S/C9H18N2O/c1-2-5-11-6-3-4-10-7-9(11)8-12/h2,9-10,12H,1,3-8H2. The largest absolute Gasteiger partial charge is 0.395 e. The molecule has 0 aromatic rings. The first kappa shape index (κ1) is 9.71. The molecule has 12 heavy (non-hydrogen) atoms. The minimum absolute atomic E-state index is 0.237. The second-order valence-corrected chi connectivity index (χ2v) is 3.18. The summed E-state index contributed by atoms with van der Waals surface area (Å²) in [5.41, 5.74) is 0. The molecule has 1 unspecified atom stereocenters. The molecule has 1 saturated heterocycles. The van der Waals surface area contributed by atoms with Gasteiger partial charge >= 0.3 is 0 Å². The highest BCUT2D eigenvalue weighted by Crippen LogP contribution is 2.03. The van der Waals surface area contributed by atoms with Crippen LogP contribution in [-0.4, -0.2) is 48.8 Å². The summed E-state index contributed by atoms with van der Waals surface area (Å²) in [5, 5.41) is 12.4. The molecule has 0 aliphatic carbocycles. The third-order valence-electron chi connectivity index (χ3n) is 2.27. The van der Waals surface area contributed by atoms with Gasteiger partial charge in [0.2, 0.25) is 0 Å². The minimum atomic E-state index is 0.237. The van der Waals surface area contributed by atoms with Gasteiger partial charge in [0.25, 0.3) is 0 Å². The van der Waals surface area contributed by atoms with E-state index in [1.54, 1.807) is 0 Å². The summed E-state index contributed by atoms with van der Waals surface area (Å²) in [6.45, 7) is 7.84. The lowest BCUT2D eigenvalue weighted by molar-refractivity contribution is 0.143. The summed E-state index contributed by atoms with van der Waals surface area (Å²) in [5.74, 6) is 0. The number of nitrogens with zero attached hydrogens (tertiary/aromatic N) is 1. The van der Waals surface area contributed by atoms with Gasteiger partial charge in [-0.1, -0.05) is 6.08 Å². The van der Waals surface area contributed by atoms with Gasteiger partial charge in [-0.25, -0.2) is 0 Å². The van der Waals surface area contributed by atoms with Crippen molar-refractivity contribution in [2.75, 3.05) is 32.8 Å². The first-order chi connectivity index (χ1) is 5.88. The van der Waals surface area contributed by atoms with Crippen molar-refractivity contribution in [2.24, 2.45) is 0 Å². The Hall–Kier alpha value is -0.380. The van der Waals surface area contributed by atoms with E-state index in [-0.39, 0.29) is 12.6 Å². The third kappa shape index (κ3) is 2.59. The Balaban J connectivity index is 2.44. The first-order valence-electron chi connectivity index (χ1n) is 4.55. The van der Waals surface area contributed by atoms with Crippen LogP contribution in [0.25, 0.3) is 0 Å². The predicted octanol–water partition coefficient (Wildman–Crippen LogP) is -0.171. The van der Waals surface area contributed by atoms with Crippen LogP contribution in [0.1, 0.15) is 6.42 Å². The molecule has 1 fully saturated rings. The molecule has 0 spiro atoms. The maximum atomic E-state index is 9.10. The lowest BCUT2D eigenvalue weighted by atomic mass is 10.2. The van der Waals surface area contributed by atoms with Gasteiger partial charge in [-0.2, -0.15) is 0 Å². The highest BCUT2D eigenvalue weighted by Gasteiger charge is 2.17. The van der Waals surface area contributed by atoms with Crippen LogP contribution in [0.3, 0.4) is 0 Å². The fourth-order valence-corrected chi connectivity index (χ4v) is 1.57. The average molecular weight is 170 g/mol. The van der Waals surface area contributed by atoms with Crippen LogP contribution >= 0.6 is 0 Å². The van der Waals surface area contributed by atoms with E-state index in [4.69, 9.17) is 5.11 Å². The Bertz CT molecular complexity index is 138. The lowest BCUT2D eigenvalue weighted by Crippen LogP contribution is -2.42. The Kier molecular flexibility index (Phi) is 4.29. The summed E-state index contributed by atoms with van der Waals surface area (Å²) >= 11 is 0. The van der Waals surface area contributed by atoms with E-state index in [0.717, 1.165) is 32.6 Å². The summed E-state index contributed by atoms with van der Waals surface area (Å²) in [6.07, 6.45) is 3.05. The smallest absolute Gasteiger partial charge is 0.0599 e. The molecule has 1 heterocycles. The van der Waals surface area contributed by atoms with Gasteiger partial charge in [0, 0.05) is 25.7 Å². The molecule has 70 valence electrons. The quantitative estimate of drug-likeness (QED) is 0.577. The van der Waals surface area contributed by atoms with E-state index < -0.39 is 0 Å². The molecule has 0 radical (unpaired) electrons. The maximum Gasteiger partial charge on any atom is 0.0599 e. The van der Waals surface area contributed by atoms with Crippen molar-refractivity contribution in [1.82, 2.24) is 10.2 Å². The van der Waals surface area contributed by atoms with Crippen molar-refractivity contribution < 1.29 is 5.11 Å². The number of hydrogen-bond acceptors (Lipinski definition) is 3. The monoisotopic (exact) mass is 170 g/mol. The summed E-state index contributed by atoms with van der Waals surface area (Å²) in [7, 11) is 0.